The van der Waals surface area contributed by atoms with E-state index in [9.17, 15) is 0 Å². The Bertz CT molecular complexity index is 296. The van der Waals surface area contributed by atoms with E-state index in [4.69, 9.17) is 0 Å². The van der Waals surface area contributed by atoms with Crippen molar-refractivity contribution in [3.05, 3.63) is 33.8 Å². The van der Waals surface area contributed by atoms with Gasteiger partial charge in [0.2, 0.25) is 0 Å². The van der Waals surface area contributed by atoms with Gasteiger partial charge in [-0.2, -0.15) is 0 Å². The molecule has 0 fully saturated rings. The zero-order valence-electron chi connectivity index (χ0n) is 7.18. The van der Waals surface area contributed by atoms with Crippen molar-refractivity contribution >= 4 is 15.9 Å². The molecule has 0 aromatic heterocycles. The van der Waals surface area contributed by atoms with Crippen molar-refractivity contribution in [1.82, 2.24) is 4.90 Å². The van der Waals surface area contributed by atoms with Crippen LogP contribution in [0.5, 0.6) is 0 Å². The average molecular weight is 226 g/mol. The molecule has 1 aliphatic heterocycles. The maximum absolute atomic E-state index is 3.49. The van der Waals surface area contributed by atoms with Gasteiger partial charge in [-0.3, -0.25) is 0 Å². The van der Waals surface area contributed by atoms with Crippen LogP contribution in [0.2, 0.25) is 0 Å². The summed E-state index contributed by atoms with van der Waals surface area (Å²) in [5, 5.41) is 0. The molecule has 1 aliphatic rings. The number of hydrogen-bond donors (Lipinski definition) is 0. The minimum atomic E-state index is 1.09. The summed E-state index contributed by atoms with van der Waals surface area (Å²) in [5.74, 6) is 0. The smallest absolute Gasteiger partial charge is 0.0233 e. The van der Waals surface area contributed by atoms with Crippen LogP contribution in [-0.2, 0) is 13.0 Å². The third-order valence-corrected chi connectivity index (χ3v) is 2.86. The zero-order chi connectivity index (χ0) is 8.55. The van der Waals surface area contributed by atoms with Crippen molar-refractivity contribution < 1.29 is 0 Å². The molecule has 1 nitrogen and oxygen atoms in total. The lowest BCUT2D eigenvalue weighted by Gasteiger charge is -2.24. The van der Waals surface area contributed by atoms with Crippen LogP contribution in [0.25, 0.3) is 0 Å². The van der Waals surface area contributed by atoms with E-state index < -0.39 is 0 Å². The fraction of sp³-hybridized carbons (Fsp3) is 0.400. The Morgan fingerprint density at radius 1 is 1.33 bits per heavy atom. The molecule has 1 aromatic rings. The standard InChI is InChI=1S/C10H12BrN/c1-12-5-4-8-2-3-10(11)6-9(8)7-12/h2-3,6H,4-5,7H2,1H3. The van der Waals surface area contributed by atoms with Crippen LogP contribution >= 0.6 is 15.9 Å². The summed E-state index contributed by atoms with van der Waals surface area (Å²) in [4.78, 5) is 2.36. The maximum Gasteiger partial charge on any atom is 0.0233 e. The van der Waals surface area contributed by atoms with Gasteiger partial charge in [0.1, 0.15) is 0 Å². The minimum absolute atomic E-state index is 1.09. The lowest BCUT2D eigenvalue weighted by atomic mass is 10.0. The second-order valence-corrected chi connectivity index (χ2v) is 4.32. The number of hydrogen-bond acceptors (Lipinski definition) is 1. The summed E-state index contributed by atoms with van der Waals surface area (Å²) < 4.78 is 1.19. The largest absolute Gasteiger partial charge is 0.302 e. The maximum atomic E-state index is 3.49. The average Bonchev–Trinajstić information content (AvgIpc) is 2.03. The molecule has 0 spiro atoms. The van der Waals surface area contributed by atoms with E-state index in [2.05, 4.69) is 46.1 Å². The van der Waals surface area contributed by atoms with Crippen molar-refractivity contribution in [3.8, 4) is 0 Å². The number of nitrogens with zero attached hydrogens (tertiary/aromatic N) is 1. The number of benzene rings is 1. The highest BCUT2D eigenvalue weighted by molar-refractivity contribution is 9.10. The first-order chi connectivity index (χ1) is 5.75. The van der Waals surface area contributed by atoms with Crippen molar-refractivity contribution in [2.75, 3.05) is 13.6 Å². The molecule has 0 aliphatic carbocycles. The minimum Gasteiger partial charge on any atom is -0.302 e. The van der Waals surface area contributed by atoms with Gasteiger partial charge in [-0.15, -0.1) is 0 Å². The van der Waals surface area contributed by atoms with Crippen LogP contribution in [0.4, 0.5) is 0 Å². The second kappa shape index (κ2) is 3.19. The number of likely N-dealkylation sites (N-methyl/N-ethyl adjacent to an activating group) is 1. The fourth-order valence-corrected chi connectivity index (χ4v) is 2.08. The molecule has 0 bridgehead atoms. The van der Waals surface area contributed by atoms with E-state index >= 15 is 0 Å². The topological polar surface area (TPSA) is 3.24 Å². The number of rotatable bonds is 0. The Morgan fingerprint density at radius 2 is 2.17 bits per heavy atom. The monoisotopic (exact) mass is 225 g/mol. The molecule has 1 heterocycles. The van der Waals surface area contributed by atoms with E-state index in [-0.39, 0.29) is 0 Å². The molecule has 0 amide bonds. The normalized spacial score (nSPS) is 17.5. The van der Waals surface area contributed by atoms with Crippen molar-refractivity contribution in [2.45, 2.75) is 13.0 Å². The molecule has 2 rings (SSSR count). The zero-order valence-corrected chi connectivity index (χ0v) is 8.76. The third-order valence-electron chi connectivity index (χ3n) is 2.37. The summed E-state index contributed by atoms with van der Waals surface area (Å²) >= 11 is 3.49. The van der Waals surface area contributed by atoms with Gasteiger partial charge in [0.15, 0.2) is 0 Å². The van der Waals surface area contributed by atoms with Crippen molar-refractivity contribution in [2.24, 2.45) is 0 Å². The van der Waals surface area contributed by atoms with Crippen molar-refractivity contribution in [1.29, 1.82) is 0 Å². The van der Waals surface area contributed by atoms with Gasteiger partial charge in [-0.1, -0.05) is 22.0 Å². The third kappa shape index (κ3) is 1.54. The predicted octanol–water partition coefficient (Wildman–Crippen LogP) is 2.44. The molecule has 1 aromatic carbocycles. The molecule has 0 N–H and O–H groups in total. The van der Waals surface area contributed by atoms with E-state index in [1.165, 1.54) is 28.6 Å². The van der Waals surface area contributed by atoms with Crippen molar-refractivity contribution in [3.63, 3.8) is 0 Å². The first-order valence-corrected chi connectivity index (χ1v) is 5.01. The molecule has 2 heteroatoms. The molecule has 0 saturated carbocycles. The van der Waals surface area contributed by atoms with Gasteiger partial charge in [-0.25, -0.2) is 0 Å². The van der Waals surface area contributed by atoms with Gasteiger partial charge in [0.05, 0.1) is 0 Å². The lowest BCUT2D eigenvalue weighted by Crippen LogP contribution is -2.26. The Hall–Kier alpha value is -0.340. The summed E-state index contributed by atoms with van der Waals surface area (Å²) in [6, 6.07) is 6.58. The summed E-state index contributed by atoms with van der Waals surface area (Å²) in [6.45, 7) is 2.28. The Balaban J connectivity index is 2.37. The van der Waals surface area contributed by atoms with E-state index in [0.29, 0.717) is 0 Å². The first-order valence-electron chi connectivity index (χ1n) is 4.21. The van der Waals surface area contributed by atoms with Gasteiger partial charge < -0.3 is 4.90 Å². The molecular weight excluding hydrogens is 214 g/mol. The SMILES string of the molecule is CN1CCc2ccc(Br)cc2C1. The first kappa shape index (κ1) is 8.27. The summed E-state index contributed by atoms with van der Waals surface area (Å²) in [5.41, 5.74) is 2.98. The van der Waals surface area contributed by atoms with Gasteiger partial charge in [0, 0.05) is 17.6 Å². The van der Waals surface area contributed by atoms with Gasteiger partial charge in [0.25, 0.3) is 0 Å². The molecule has 0 radical (unpaired) electrons. The fourth-order valence-electron chi connectivity index (χ4n) is 1.67. The van der Waals surface area contributed by atoms with Crippen LogP contribution in [0.3, 0.4) is 0 Å². The van der Waals surface area contributed by atoms with Crippen LogP contribution in [0.1, 0.15) is 11.1 Å². The van der Waals surface area contributed by atoms with E-state index in [1.54, 1.807) is 0 Å². The van der Waals surface area contributed by atoms with Crippen LogP contribution in [0, 0.1) is 0 Å². The summed E-state index contributed by atoms with van der Waals surface area (Å²) in [7, 11) is 2.17. The number of halogens is 1. The van der Waals surface area contributed by atoms with E-state index in [1.807, 2.05) is 0 Å². The van der Waals surface area contributed by atoms with Crippen LogP contribution in [0.15, 0.2) is 22.7 Å². The Morgan fingerprint density at radius 3 is 3.00 bits per heavy atom. The van der Waals surface area contributed by atoms with Crippen LogP contribution < -0.4 is 0 Å². The van der Waals surface area contributed by atoms with E-state index in [0.717, 1.165) is 6.54 Å². The van der Waals surface area contributed by atoms with Gasteiger partial charge >= 0.3 is 0 Å². The molecule has 12 heavy (non-hydrogen) atoms. The Labute approximate surface area is 81.5 Å². The van der Waals surface area contributed by atoms with Crippen LogP contribution in [-0.4, -0.2) is 18.5 Å². The second-order valence-electron chi connectivity index (χ2n) is 3.40. The molecule has 0 atom stereocenters. The highest BCUT2D eigenvalue weighted by Gasteiger charge is 2.12. The molecule has 0 saturated heterocycles. The molecule has 64 valence electrons. The predicted molar refractivity (Wildman–Crippen MR) is 54.2 cm³/mol. The highest BCUT2D eigenvalue weighted by Crippen LogP contribution is 2.21. The highest BCUT2D eigenvalue weighted by atomic mass is 79.9. The lowest BCUT2D eigenvalue weighted by molar-refractivity contribution is 0.313. The molecular formula is C10H12BrN. The van der Waals surface area contributed by atoms with Gasteiger partial charge in [-0.05, 0) is 36.7 Å². The quantitative estimate of drug-likeness (QED) is 0.656. The molecule has 0 unspecified atom stereocenters. The number of fused-ring (bicyclic) bond motifs is 1. The summed E-state index contributed by atoms with van der Waals surface area (Å²) in [6.07, 6.45) is 1.19. The Kier molecular flexibility index (Phi) is 2.20.